The van der Waals surface area contributed by atoms with Crippen molar-refractivity contribution in [2.45, 2.75) is 19.8 Å². The van der Waals surface area contributed by atoms with Crippen molar-refractivity contribution in [3.63, 3.8) is 0 Å². The lowest BCUT2D eigenvalue weighted by atomic mass is 9.91. The second-order valence-electron chi connectivity index (χ2n) is 6.82. The minimum Gasteiger partial charge on any atom is -0.0843 e. The molecule has 0 radical (unpaired) electrons. The zero-order valence-corrected chi connectivity index (χ0v) is 15.8. The lowest BCUT2D eigenvalue weighted by Gasteiger charge is -2.13. The van der Waals surface area contributed by atoms with E-state index in [1.54, 1.807) is 0 Å². The molecular formula is C25H21Cl. The molecule has 0 nitrogen and oxygen atoms in total. The van der Waals surface area contributed by atoms with Gasteiger partial charge >= 0.3 is 0 Å². The summed E-state index contributed by atoms with van der Waals surface area (Å²) in [5.74, 6) is 0.400. The van der Waals surface area contributed by atoms with Gasteiger partial charge in [-0.3, -0.25) is 0 Å². The van der Waals surface area contributed by atoms with E-state index in [-0.39, 0.29) is 0 Å². The molecular weight excluding hydrogens is 336 g/mol. The molecule has 0 saturated heterocycles. The molecule has 1 unspecified atom stereocenters. The fourth-order valence-electron chi connectivity index (χ4n) is 3.83. The minimum absolute atomic E-state index is 0.400. The second-order valence-corrected chi connectivity index (χ2v) is 7.26. The number of hydrogen-bond donors (Lipinski definition) is 0. The van der Waals surface area contributed by atoms with Gasteiger partial charge in [-0.1, -0.05) is 85.3 Å². The summed E-state index contributed by atoms with van der Waals surface area (Å²) in [6, 6.07) is 27.4. The Bertz CT molecular complexity index is 992. The van der Waals surface area contributed by atoms with Crippen LogP contribution in [0.2, 0.25) is 5.02 Å². The van der Waals surface area contributed by atoms with Crippen LogP contribution < -0.4 is 0 Å². The van der Waals surface area contributed by atoms with Crippen molar-refractivity contribution < 1.29 is 0 Å². The number of halogens is 1. The van der Waals surface area contributed by atoms with Gasteiger partial charge in [0, 0.05) is 10.9 Å². The molecule has 0 aliphatic heterocycles. The van der Waals surface area contributed by atoms with Gasteiger partial charge in [0.25, 0.3) is 0 Å². The Kier molecular flexibility index (Phi) is 4.53. The molecule has 3 aromatic carbocycles. The molecule has 0 heterocycles. The maximum atomic E-state index is 6.11. The molecule has 0 amide bonds. The van der Waals surface area contributed by atoms with Gasteiger partial charge in [0.2, 0.25) is 0 Å². The van der Waals surface area contributed by atoms with E-state index in [0.29, 0.717) is 5.92 Å². The molecule has 1 atom stereocenters. The van der Waals surface area contributed by atoms with Crippen LogP contribution in [0.15, 0.2) is 90.5 Å². The highest BCUT2D eigenvalue weighted by Gasteiger charge is 2.24. The Morgan fingerprint density at radius 3 is 2.12 bits per heavy atom. The molecule has 0 saturated carbocycles. The minimum atomic E-state index is 0.400. The lowest BCUT2D eigenvalue weighted by Crippen LogP contribution is -1.94. The van der Waals surface area contributed by atoms with Gasteiger partial charge in [-0.05, 0) is 64.1 Å². The third-order valence-electron chi connectivity index (χ3n) is 5.27. The van der Waals surface area contributed by atoms with E-state index in [1.807, 2.05) is 12.1 Å². The number of rotatable bonds is 3. The van der Waals surface area contributed by atoms with Crippen LogP contribution in [-0.4, -0.2) is 0 Å². The molecule has 0 spiro atoms. The standard InChI is InChI=1S/C25H21Cl/c1-17-22-10-6-7-11-23(22)18(2)24(17)16-25(19-8-4-3-5-9-19)20-12-14-21(26)15-13-20/h3-17H,1-2H3/b25-16-. The molecule has 1 aliphatic rings. The average Bonchev–Trinajstić information content (AvgIpc) is 2.92. The lowest BCUT2D eigenvalue weighted by molar-refractivity contribution is 0.947. The Morgan fingerprint density at radius 2 is 1.42 bits per heavy atom. The Labute approximate surface area is 160 Å². The molecule has 128 valence electrons. The number of benzene rings is 3. The summed E-state index contributed by atoms with van der Waals surface area (Å²) in [6.07, 6.45) is 2.36. The van der Waals surface area contributed by atoms with Crippen LogP contribution in [-0.2, 0) is 0 Å². The number of allylic oxidation sites excluding steroid dienone is 3. The first-order valence-electron chi connectivity index (χ1n) is 8.98. The van der Waals surface area contributed by atoms with Gasteiger partial charge in [0.15, 0.2) is 0 Å². The predicted molar refractivity (Wildman–Crippen MR) is 112 cm³/mol. The SMILES string of the molecule is CC1=C(/C=C(/c2ccccc2)c2ccc(Cl)cc2)C(C)c2ccccc21. The van der Waals surface area contributed by atoms with E-state index in [1.165, 1.54) is 39.0 Å². The van der Waals surface area contributed by atoms with Gasteiger partial charge in [-0.2, -0.15) is 0 Å². The van der Waals surface area contributed by atoms with Crippen molar-refractivity contribution in [2.24, 2.45) is 0 Å². The molecule has 26 heavy (non-hydrogen) atoms. The van der Waals surface area contributed by atoms with Crippen molar-refractivity contribution in [3.8, 4) is 0 Å². The molecule has 3 aromatic rings. The summed E-state index contributed by atoms with van der Waals surface area (Å²) >= 11 is 6.11. The van der Waals surface area contributed by atoms with Crippen molar-refractivity contribution in [3.05, 3.63) is 118 Å². The molecule has 0 aromatic heterocycles. The molecule has 0 fully saturated rings. The van der Waals surface area contributed by atoms with Crippen molar-refractivity contribution in [2.75, 3.05) is 0 Å². The number of fused-ring (bicyclic) bond motifs is 1. The molecule has 0 bridgehead atoms. The van der Waals surface area contributed by atoms with Crippen LogP contribution in [0, 0.1) is 0 Å². The molecule has 0 N–H and O–H groups in total. The van der Waals surface area contributed by atoms with Crippen molar-refractivity contribution in [1.82, 2.24) is 0 Å². The number of hydrogen-bond acceptors (Lipinski definition) is 0. The van der Waals surface area contributed by atoms with Crippen LogP contribution in [0.4, 0.5) is 0 Å². The monoisotopic (exact) mass is 356 g/mol. The maximum absolute atomic E-state index is 6.11. The van der Waals surface area contributed by atoms with Gasteiger partial charge < -0.3 is 0 Å². The van der Waals surface area contributed by atoms with E-state index < -0.39 is 0 Å². The predicted octanol–water partition coefficient (Wildman–Crippen LogP) is 7.36. The smallest absolute Gasteiger partial charge is 0.0406 e. The largest absolute Gasteiger partial charge is 0.0843 e. The zero-order chi connectivity index (χ0) is 18.1. The fraction of sp³-hybridized carbons (Fsp3) is 0.120. The summed E-state index contributed by atoms with van der Waals surface area (Å²) in [4.78, 5) is 0. The van der Waals surface area contributed by atoms with Crippen molar-refractivity contribution in [1.29, 1.82) is 0 Å². The summed E-state index contributed by atoms with van der Waals surface area (Å²) in [5.41, 5.74) is 9.18. The zero-order valence-electron chi connectivity index (χ0n) is 15.0. The molecule has 1 aliphatic carbocycles. The van der Waals surface area contributed by atoms with Gasteiger partial charge in [0.05, 0.1) is 0 Å². The van der Waals surface area contributed by atoms with Crippen LogP contribution in [0.1, 0.15) is 42.0 Å². The normalized spacial score (nSPS) is 16.7. The van der Waals surface area contributed by atoms with E-state index >= 15 is 0 Å². The third-order valence-corrected chi connectivity index (χ3v) is 5.52. The van der Waals surface area contributed by atoms with E-state index in [0.717, 1.165) is 5.02 Å². The maximum Gasteiger partial charge on any atom is 0.0406 e. The van der Waals surface area contributed by atoms with E-state index in [9.17, 15) is 0 Å². The summed E-state index contributed by atoms with van der Waals surface area (Å²) in [5, 5.41) is 0.762. The van der Waals surface area contributed by atoms with Gasteiger partial charge in [0.1, 0.15) is 0 Å². The molecule has 4 rings (SSSR count). The Hall–Kier alpha value is -2.57. The van der Waals surface area contributed by atoms with Crippen LogP contribution >= 0.6 is 11.6 Å². The topological polar surface area (TPSA) is 0 Å². The van der Waals surface area contributed by atoms with Crippen LogP contribution in [0.25, 0.3) is 11.1 Å². The van der Waals surface area contributed by atoms with Crippen LogP contribution in [0.3, 0.4) is 0 Å². The highest BCUT2D eigenvalue weighted by molar-refractivity contribution is 6.30. The van der Waals surface area contributed by atoms with Crippen LogP contribution in [0.5, 0.6) is 0 Å². The van der Waals surface area contributed by atoms with Gasteiger partial charge in [-0.15, -0.1) is 0 Å². The first kappa shape index (κ1) is 16.9. The molecule has 1 heteroatoms. The quantitative estimate of drug-likeness (QED) is 0.459. The van der Waals surface area contributed by atoms with E-state index in [4.69, 9.17) is 11.6 Å². The first-order valence-corrected chi connectivity index (χ1v) is 9.36. The average molecular weight is 357 g/mol. The van der Waals surface area contributed by atoms with E-state index in [2.05, 4.69) is 86.7 Å². The van der Waals surface area contributed by atoms with Crippen molar-refractivity contribution >= 4 is 22.7 Å². The summed E-state index contributed by atoms with van der Waals surface area (Å²) < 4.78 is 0. The summed E-state index contributed by atoms with van der Waals surface area (Å²) in [6.45, 7) is 4.53. The first-order chi connectivity index (χ1) is 12.6. The highest BCUT2D eigenvalue weighted by Crippen LogP contribution is 2.43. The second kappa shape index (κ2) is 6.97. The fourth-order valence-corrected chi connectivity index (χ4v) is 3.96. The Morgan fingerprint density at radius 1 is 0.808 bits per heavy atom. The highest BCUT2D eigenvalue weighted by atomic mass is 35.5. The third kappa shape index (κ3) is 3.02. The van der Waals surface area contributed by atoms with Gasteiger partial charge in [-0.25, -0.2) is 0 Å². The Balaban J connectivity index is 1.88. The summed E-state index contributed by atoms with van der Waals surface area (Å²) in [7, 11) is 0.